The molecule has 0 aliphatic carbocycles. The van der Waals surface area contributed by atoms with Gasteiger partial charge in [0.25, 0.3) is 0 Å². The molecule has 0 radical (unpaired) electrons. The highest BCUT2D eigenvalue weighted by atomic mass is 127. The third-order valence-electron chi connectivity index (χ3n) is 4.38. The molecule has 7 heteroatoms. The molecule has 1 aromatic carbocycles. The van der Waals surface area contributed by atoms with Crippen LogP contribution in [-0.4, -0.2) is 37.6 Å². The molecule has 0 saturated carbocycles. The van der Waals surface area contributed by atoms with Gasteiger partial charge < -0.3 is 15.5 Å². The fourth-order valence-electron chi connectivity index (χ4n) is 2.80. The minimum atomic E-state index is 0. The summed E-state index contributed by atoms with van der Waals surface area (Å²) in [6.07, 6.45) is 0. The molecule has 0 unspecified atom stereocenters. The number of rotatable bonds is 5. The summed E-state index contributed by atoms with van der Waals surface area (Å²) in [5, 5.41) is 8.91. The number of benzene rings is 1. The molecule has 4 nitrogen and oxygen atoms in total. The Morgan fingerprint density at radius 2 is 1.77 bits per heavy atom. The molecule has 1 aliphatic rings. The summed E-state index contributed by atoms with van der Waals surface area (Å²) < 4.78 is 0. The van der Waals surface area contributed by atoms with Gasteiger partial charge in [0.1, 0.15) is 0 Å². The summed E-state index contributed by atoms with van der Waals surface area (Å²) >= 11 is 3.82. The highest BCUT2D eigenvalue weighted by molar-refractivity contribution is 14.0. The van der Waals surface area contributed by atoms with Crippen LogP contribution in [0.3, 0.4) is 0 Å². The highest BCUT2D eigenvalue weighted by Gasteiger charge is 2.10. The minimum absolute atomic E-state index is 0. The molecule has 0 atom stereocenters. The molecule has 0 spiro atoms. The van der Waals surface area contributed by atoms with Crippen molar-refractivity contribution in [1.82, 2.24) is 10.6 Å². The average molecular weight is 502 g/mol. The zero-order valence-electron chi connectivity index (χ0n) is 15.3. The fourth-order valence-corrected chi connectivity index (χ4v) is 4.55. The second kappa shape index (κ2) is 11.0. The van der Waals surface area contributed by atoms with E-state index in [9.17, 15) is 0 Å². The van der Waals surface area contributed by atoms with Crippen LogP contribution in [0.4, 0.5) is 5.69 Å². The smallest absolute Gasteiger partial charge is 0.191 e. The monoisotopic (exact) mass is 502 g/mol. The van der Waals surface area contributed by atoms with E-state index in [-0.39, 0.29) is 24.0 Å². The molecule has 1 fully saturated rings. The average Bonchev–Trinajstić information content (AvgIpc) is 3.08. The van der Waals surface area contributed by atoms with Gasteiger partial charge in [0.15, 0.2) is 5.96 Å². The first-order valence-electron chi connectivity index (χ1n) is 8.65. The Balaban J connectivity index is 0.00000243. The Bertz CT molecular complexity index is 694. The molecule has 0 bridgehead atoms. The number of aliphatic imine (C=N–C) groups is 1. The number of halogens is 1. The van der Waals surface area contributed by atoms with Gasteiger partial charge in [-0.25, -0.2) is 0 Å². The van der Waals surface area contributed by atoms with Gasteiger partial charge >= 0.3 is 0 Å². The summed E-state index contributed by atoms with van der Waals surface area (Å²) in [6.45, 7) is 6.04. The van der Waals surface area contributed by atoms with Crippen molar-refractivity contribution in [3.63, 3.8) is 0 Å². The lowest BCUT2D eigenvalue weighted by Crippen LogP contribution is -2.36. The van der Waals surface area contributed by atoms with Crippen LogP contribution in [0, 0.1) is 6.92 Å². The molecule has 2 N–H and O–H groups in total. The number of guanidine groups is 1. The SMILES string of the molecule is CN=C(NCc1ccc(N2CCSCC2)cc1)NCc1sccc1C.I. The topological polar surface area (TPSA) is 39.7 Å². The Morgan fingerprint density at radius 1 is 1.08 bits per heavy atom. The van der Waals surface area contributed by atoms with Gasteiger partial charge in [-0.2, -0.15) is 11.8 Å². The van der Waals surface area contributed by atoms with Crippen LogP contribution in [-0.2, 0) is 13.1 Å². The van der Waals surface area contributed by atoms with E-state index in [0.29, 0.717) is 0 Å². The Kier molecular flexibility index (Phi) is 9.07. The predicted octanol–water partition coefficient (Wildman–Crippen LogP) is 4.09. The summed E-state index contributed by atoms with van der Waals surface area (Å²) in [4.78, 5) is 8.14. The third-order valence-corrected chi connectivity index (χ3v) is 6.35. The van der Waals surface area contributed by atoms with Gasteiger partial charge in [-0.05, 0) is 41.6 Å². The molecule has 142 valence electrons. The van der Waals surface area contributed by atoms with E-state index in [2.05, 4.69) is 63.2 Å². The largest absolute Gasteiger partial charge is 0.370 e. The van der Waals surface area contributed by atoms with Gasteiger partial charge in [-0.3, -0.25) is 4.99 Å². The number of hydrogen-bond acceptors (Lipinski definition) is 4. The standard InChI is InChI=1S/C19H26N4S2.HI/c1-15-7-10-25-18(15)14-22-19(20-2)21-13-16-3-5-17(6-4-16)23-8-11-24-12-9-23;/h3-7,10H,8-9,11-14H2,1-2H3,(H2,20,21,22);1H. The van der Waals surface area contributed by atoms with E-state index in [1.807, 2.05) is 18.8 Å². The van der Waals surface area contributed by atoms with E-state index in [1.165, 1.54) is 33.2 Å². The predicted molar refractivity (Wildman–Crippen MR) is 127 cm³/mol. The van der Waals surface area contributed by atoms with Gasteiger partial charge in [-0.15, -0.1) is 35.3 Å². The molecular weight excluding hydrogens is 475 g/mol. The minimum Gasteiger partial charge on any atom is -0.370 e. The molecule has 1 aliphatic heterocycles. The Hall–Kier alpha value is -0.930. The molecule has 1 saturated heterocycles. The number of thiophene rings is 1. The van der Waals surface area contributed by atoms with Gasteiger partial charge in [-0.1, -0.05) is 12.1 Å². The van der Waals surface area contributed by atoms with Crippen LogP contribution in [0.25, 0.3) is 0 Å². The van der Waals surface area contributed by atoms with Crippen molar-refractivity contribution in [2.75, 3.05) is 36.5 Å². The van der Waals surface area contributed by atoms with E-state index in [0.717, 1.165) is 32.1 Å². The molecular formula is C19H27IN4S2. The zero-order chi connectivity index (χ0) is 17.5. The van der Waals surface area contributed by atoms with Crippen LogP contribution < -0.4 is 15.5 Å². The molecule has 26 heavy (non-hydrogen) atoms. The van der Waals surface area contributed by atoms with Gasteiger partial charge in [0.05, 0.1) is 6.54 Å². The lowest BCUT2D eigenvalue weighted by molar-refractivity contribution is 0.812. The molecule has 2 aromatic rings. The quantitative estimate of drug-likeness (QED) is 0.367. The van der Waals surface area contributed by atoms with Crippen molar-refractivity contribution in [2.45, 2.75) is 20.0 Å². The number of nitrogens with zero attached hydrogens (tertiary/aromatic N) is 2. The maximum Gasteiger partial charge on any atom is 0.191 e. The summed E-state index contributed by atoms with van der Waals surface area (Å²) in [7, 11) is 1.81. The van der Waals surface area contributed by atoms with E-state index in [4.69, 9.17) is 0 Å². The van der Waals surface area contributed by atoms with Gasteiger partial charge in [0.2, 0.25) is 0 Å². The maximum absolute atomic E-state index is 4.31. The van der Waals surface area contributed by atoms with Crippen molar-refractivity contribution >= 4 is 58.7 Å². The lowest BCUT2D eigenvalue weighted by atomic mass is 10.2. The van der Waals surface area contributed by atoms with Crippen LogP contribution >= 0.6 is 47.1 Å². The normalized spacial score (nSPS) is 14.7. The zero-order valence-corrected chi connectivity index (χ0v) is 19.3. The summed E-state index contributed by atoms with van der Waals surface area (Å²) in [6, 6.07) is 11.0. The molecule has 0 amide bonds. The summed E-state index contributed by atoms with van der Waals surface area (Å²) in [5.41, 5.74) is 3.93. The first-order valence-corrected chi connectivity index (χ1v) is 10.7. The van der Waals surface area contributed by atoms with Crippen LogP contribution in [0.15, 0.2) is 40.7 Å². The Morgan fingerprint density at radius 3 is 2.38 bits per heavy atom. The van der Waals surface area contributed by atoms with E-state index < -0.39 is 0 Å². The number of aryl methyl sites for hydroxylation is 1. The number of hydrogen-bond donors (Lipinski definition) is 2. The number of nitrogens with one attached hydrogen (secondary N) is 2. The number of thioether (sulfide) groups is 1. The fraction of sp³-hybridized carbons (Fsp3) is 0.421. The first kappa shape index (κ1) is 21.4. The first-order chi connectivity index (χ1) is 12.3. The molecule has 2 heterocycles. The van der Waals surface area contributed by atoms with Crippen LogP contribution in [0.1, 0.15) is 16.0 Å². The third kappa shape index (κ3) is 6.06. The molecule has 1 aromatic heterocycles. The second-order valence-electron chi connectivity index (χ2n) is 6.07. The van der Waals surface area contributed by atoms with Crippen molar-refractivity contribution in [3.8, 4) is 0 Å². The van der Waals surface area contributed by atoms with Crippen molar-refractivity contribution in [2.24, 2.45) is 4.99 Å². The van der Waals surface area contributed by atoms with Gasteiger partial charge in [0, 0.05) is 48.8 Å². The van der Waals surface area contributed by atoms with Crippen molar-refractivity contribution < 1.29 is 0 Å². The lowest BCUT2D eigenvalue weighted by Gasteiger charge is -2.28. The van der Waals surface area contributed by atoms with Crippen LogP contribution in [0.5, 0.6) is 0 Å². The highest BCUT2D eigenvalue weighted by Crippen LogP contribution is 2.20. The maximum atomic E-state index is 4.31. The Labute approximate surface area is 181 Å². The number of anilines is 1. The van der Waals surface area contributed by atoms with Crippen molar-refractivity contribution in [1.29, 1.82) is 0 Å². The van der Waals surface area contributed by atoms with E-state index in [1.54, 1.807) is 11.3 Å². The summed E-state index contributed by atoms with van der Waals surface area (Å²) in [5.74, 6) is 3.30. The van der Waals surface area contributed by atoms with Crippen molar-refractivity contribution in [3.05, 3.63) is 51.7 Å². The molecule has 3 rings (SSSR count). The van der Waals surface area contributed by atoms with E-state index >= 15 is 0 Å². The van der Waals surface area contributed by atoms with Crippen LogP contribution in [0.2, 0.25) is 0 Å². The second-order valence-corrected chi connectivity index (χ2v) is 8.30.